The number of aryl methyl sites for hydroxylation is 2. The van der Waals surface area contributed by atoms with Crippen LogP contribution < -0.4 is 4.90 Å². The van der Waals surface area contributed by atoms with Crippen molar-refractivity contribution in [1.82, 2.24) is 20.0 Å². The van der Waals surface area contributed by atoms with E-state index >= 15 is 0 Å². The van der Waals surface area contributed by atoms with Crippen LogP contribution in [-0.2, 0) is 11.2 Å². The Morgan fingerprint density at radius 2 is 1.86 bits per heavy atom. The van der Waals surface area contributed by atoms with Crippen LogP contribution >= 0.6 is 0 Å². The number of hydrogen-bond donors (Lipinski definition) is 0. The Labute approximate surface area is 164 Å². The van der Waals surface area contributed by atoms with Gasteiger partial charge in [0, 0.05) is 51.3 Å². The first kappa shape index (κ1) is 18.2. The van der Waals surface area contributed by atoms with Crippen LogP contribution in [0.3, 0.4) is 0 Å². The third kappa shape index (κ3) is 4.19. The Bertz CT molecular complexity index is 915. The molecule has 1 amide bonds. The Balaban J connectivity index is 1.29. The van der Waals surface area contributed by atoms with E-state index in [-0.39, 0.29) is 5.91 Å². The number of aromatic nitrogens is 3. The summed E-state index contributed by atoms with van der Waals surface area (Å²) in [6.07, 6.45) is 3.11. The summed E-state index contributed by atoms with van der Waals surface area (Å²) < 4.78 is 5.01. The Kier molecular flexibility index (Phi) is 5.32. The van der Waals surface area contributed by atoms with Crippen LogP contribution in [0.1, 0.15) is 17.9 Å². The second-order valence-electron chi connectivity index (χ2n) is 6.90. The maximum Gasteiger partial charge on any atom is 0.223 e. The number of anilines is 1. The van der Waals surface area contributed by atoms with Crippen LogP contribution in [0.4, 0.5) is 5.82 Å². The summed E-state index contributed by atoms with van der Waals surface area (Å²) in [6, 6.07) is 14.1. The van der Waals surface area contributed by atoms with E-state index < -0.39 is 0 Å². The largest absolute Gasteiger partial charge is 0.353 e. The van der Waals surface area contributed by atoms with Gasteiger partial charge < -0.3 is 14.3 Å². The summed E-state index contributed by atoms with van der Waals surface area (Å²) in [6.45, 7) is 4.77. The summed E-state index contributed by atoms with van der Waals surface area (Å²) in [7, 11) is 0. The van der Waals surface area contributed by atoms with Crippen molar-refractivity contribution < 1.29 is 9.32 Å². The van der Waals surface area contributed by atoms with Gasteiger partial charge in [0.1, 0.15) is 5.82 Å². The third-order valence-corrected chi connectivity index (χ3v) is 4.96. The first-order valence-corrected chi connectivity index (χ1v) is 9.52. The summed E-state index contributed by atoms with van der Waals surface area (Å²) in [4.78, 5) is 25.4. The zero-order valence-corrected chi connectivity index (χ0v) is 15.9. The lowest BCUT2D eigenvalue weighted by Crippen LogP contribution is -2.49. The van der Waals surface area contributed by atoms with Gasteiger partial charge in [-0.3, -0.25) is 4.79 Å². The Morgan fingerprint density at radius 1 is 1.07 bits per heavy atom. The average Bonchev–Trinajstić information content (AvgIpc) is 3.19. The molecule has 1 saturated heterocycles. The van der Waals surface area contributed by atoms with Crippen molar-refractivity contribution in [1.29, 1.82) is 0 Å². The predicted molar refractivity (Wildman–Crippen MR) is 106 cm³/mol. The van der Waals surface area contributed by atoms with Crippen molar-refractivity contribution in [2.45, 2.75) is 19.8 Å². The average molecular weight is 377 g/mol. The van der Waals surface area contributed by atoms with Crippen LogP contribution in [0.15, 0.2) is 53.2 Å². The second-order valence-corrected chi connectivity index (χ2v) is 6.90. The molecule has 4 rings (SSSR count). The van der Waals surface area contributed by atoms with E-state index in [2.05, 4.69) is 32.2 Å². The summed E-state index contributed by atoms with van der Waals surface area (Å²) in [5.74, 6) is 2.21. The van der Waals surface area contributed by atoms with Crippen LogP contribution in [0.5, 0.6) is 0 Å². The molecule has 3 aromatic rings. The van der Waals surface area contributed by atoms with Crippen molar-refractivity contribution in [3.63, 3.8) is 0 Å². The molecule has 28 heavy (non-hydrogen) atoms. The maximum atomic E-state index is 12.5. The number of rotatable bonds is 5. The van der Waals surface area contributed by atoms with Gasteiger partial charge in [0.05, 0.1) is 0 Å². The van der Waals surface area contributed by atoms with E-state index in [4.69, 9.17) is 4.52 Å². The summed E-state index contributed by atoms with van der Waals surface area (Å²) in [5.41, 5.74) is 2.03. The number of benzene rings is 1. The molecule has 0 unspecified atom stereocenters. The second kappa shape index (κ2) is 8.21. The molecule has 7 heteroatoms. The van der Waals surface area contributed by atoms with Crippen molar-refractivity contribution in [2.24, 2.45) is 0 Å². The SMILES string of the molecule is Cc1nc(-c2ccc(N3CCN(C(=O)CCc4ccccc4)CC3)nc2)no1. The number of pyridine rings is 1. The smallest absolute Gasteiger partial charge is 0.223 e. The molecule has 0 N–H and O–H groups in total. The van der Waals surface area contributed by atoms with Crippen molar-refractivity contribution in [2.75, 3.05) is 31.1 Å². The molecule has 7 nitrogen and oxygen atoms in total. The Morgan fingerprint density at radius 3 is 2.50 bits per heavy atom. The standard InChI is InChI=1S/C21H23N5O2/c1-16-23-21(24-28-16)18-8-9-19(22-15-18)25-11-13-26(14-12-25)20(27)10-7-17-5-3-2-4-6-17/h2-6,8-9,15H,7,10-14H2,1H3. The monoisotopic (exact) mass is 377 g/mol. The van der Waals surface area contributed by atoms with E-state index in [1.807, 2.05) is 35.2 Å². The van der Waals surface area contributed by atoms with Gasteiger partial charge in [0.2, 0.25) is 17.6 Å². The van der Waals surface area contributed by atoms with Crippen LogP contribution in [0.25, 0.3) is 11.4 Å². The van der Waals surface area contributed by atoms with Gasteiger partial charge in [0.15, 0.2) is 0 Å². The minimum Gasteiger partial charge on any atom is -0.353 e. The fraction of sp³-hybridized carbons (Fsp3) is 0.333. The fourth-order valence-corrected chi connectivity index (χ4v) is 3.36. The Hall–Kier alpha value is -3.22. The molecule has 0 bridgehead atoms. The van der Waals surface area contributed by atoms with Gasteiger partial charge in [-0.1, -0.05) is 35.5 Å². The van der Waals surface area contributed by atoms with Gasteiger partial charge in [0.25, 0.3) is 0 Å². The van der Waals surface area contributed by atoms with Crippen LogP contribution in [0.2, 0.25) is 0 Å². The van der Waals surface area contributed by atoms with Crippen molar-refractivity contribution in [3.05, 3.63) is 60.1 Å². The number of hydrogen-bond acceptors (Lipinski definition) is 6. The highest BCUT2D eigenvalue weighted by molar-refractivity contribution is 5.76. The van der Waals surface area contributed by atoms with E-state index in [9.17, 15) is 4.79 Å². The fourth-order valence-electron chi connectivity index (χ4n) is 3.36. The number of amides is 1. The minimum absolute atomic E-state index is 0.222. The van der Waals surface area contributed by atoms with Gasteiger partial charge in [-0.15, -0.1) is 0 Å². The lowest BCUT2D eigenvalue weighted by molar-refractivity contribution is -0.131. The first-order valence-electron chi connectivity index (χ1n) is 9.52. The third-order valence-electron chi connectivity index (χ3n) is 4.96. The molecule has 0 saturated carbocycles. The van der Waals surface area contributed by atoms with Crippen molar-refractivity contribution in [3.8, 4) is 11.4 Å². The summed E-state index contributed by atoms with van der Waals surface area (Å²) >= 11 is 0. The van der Waals surface area contributed by atoms with Crippen LogP contribution in [-0.4, -0.2) is 52.1 Å². The van der Waals surface area contributed by atoms with Crippen LogP contribution in [0, 0.1) is 6.92 Å². The zero-order chi connectivity index (χ0) is 19.3. The number of carbonyl (C=O) groups is 1. The summed E-state index contributed by atoms with van der Waals surface area (Å²) in [5, 5.41) is 3.91. The van der Waals surface area contributed by atoms with Gasteiger partial charge in [-0.05, 0) is 24.1 Å². The molecular weight excluding hydrogens is 354 g/mol. The highest BCUT2D eigenvalue weighted by Crippen LogP contribution is 2.19. The van der Waals surface area contributed by atoms with Crippen molar-refractivity contribution >= 4 is 11.7 Å². The quantitative estimate of drug-likeness (QED) is 0.681. The van der Waals surface area contributed by atoms with Gasteiger partial charge >= 0.3 is 0 Å². The molecule has 1 aliphatic rings. The van der Waals surface area contributed by atoms with E-state index in [1.165, 1.54) is 5.56 Å². The van der Waals surface area contributed by atoms with E-state index in [0.717, 1.165) is 44.0 Å². The lowest BCUT2D eigenvalue weighted by atomic mass is 10.1. The zero-order valence-electron chi connectivity index (χ0n) is 15.9. The number of piperazine rings is 1. The van der Waals surface area contributed by atoms with E-state index in [1.54, 1.807) is 13.1 Å². The topological polar surface area (TPSA) is 75.4 Å². The lowest BCUT2D eigenvalue weighted by Gasteiger charge is -2.35. The molecule has 2 aromatic heterocycles. The van der Waals surface area contributed by atoms with E-state index in [0.29, 0.717) is 18.1 Å². The first-order chi connectivity index (χ1) is 13.7. The molecule has 1 fully saturated rings. The molecular formula is C21H23N5O2. The number of carbonyl (C=O) groups excluding carboxylic acids is 1. The number of nitrogens with zero attached hydrogens (tertiary/aromatic N) is 5. The molecule has 0 aliphatic carbocycles. The van der Waals surface area contributed by atoms with Gasteiger partial charge in [-0.25, -0.2) is 4.98 Å². The molecule has 1 aromatic carbocycles. The highest BCUT2D eigenvalue weighted by atomic mass is 16.5. The normalized spacial score (nSPS) is 14.3. The molecule has 144 valence electrons. The highest BCUT2D eigenvalue weighted by Gasteiger charge is 2.21. The predicted octanol–water partition coefficient (Wildman–Crippen LogP) is 2.72. The molecule has 0 radical (unpaired) electrons. The molecule has 1 aliphatic heterocycles. The van der Waals surface area contributed by atoms with Gasteiger partial charge in [-0.2, -0.15) is 4.98 Å². The maximum absolute atomic E-state index is 12.5. The molecule has 0 atom stereocenters. The minimum atomic E-state index is 0.222. The molecule has 0 spiro atoms. The molecule has 3 heterocycles.